The molecule has 2 aromatic heterocycles. The maximum Gasteiger partial charge on any atom is 0.193 e. The van der Waals surface area contributed by atoms with Gasteiger partial charge < -0.3 is 19.7 Å². The van der Waals surface area contributed by atoms with Gasteiger partial charge in [0.05, 0.1) is 5.69 Å². The number of H-pyrrole nitrogens is 1. The Morgan fingerprint density at radius 1 is 1.28 bits per heavy atom. The number of benzene rings is 1. The van der Waals surface area contributed by atoms with Crippen molar-refractivity contribution in [3.63, 3.8) is 0 Å². The van der Waals surface area contributed by atoms with Crippen LogP contribution in [0.4, 0.5) is 0 Å². The Morgan fingerprint density at radius 2 is 2.10 bits per heavy atom. The number of piperazine rings is 1. The molecular weight excluding hydrogens is 388 g/mol. The monoisotopic (exact) mass is 414 g/mol. The molecule has 29 heavy (non-hydrogen) atoms. The fourth-order valence-corrected chi connectivity index (χ4v) is 4.01. The molecule has 1 aliphatic rings. The van der Waals surface area contributed by atoms with Gasteiger partial charge in [0.15, 0.2) is 5.96 Å². The summed E-state index contributed by atoms with van der Waals surface area (Å²) < 4.78 is 5.17. The number of fused-ring (bicyclic) bond motifs is 1. The van der Waals surface area contributed by atoms with E-state index in [0.29, 0.717) is 0 Å². The number of hydrogen-bond donors (Lipinski definition) is 2. The highest BCUT2D eigenvalue weighted by molar-refractivity contribution is 6.31. The van der Waals surface area contributed by atoms with Crippen molar-refractivity contribution in [2.45, 2.75) is 19.9 Å². The number of aliphatic imine (C=N–C) groups is 1. The Labute approximate surface area is 175 Å². The fraction of sp³-hybridized carbons (Fsp3) is 0.429. The van der Waals surface area contributed by atoms with Gasteiger partial charge in [-0.1, -0.05) is 16.8 Å². The largest absolute Gasteiger partial charge is 0.361 e. The molecule has 3 aromatic rings. The normalized spacial score (nSPS) is 16.0. The highest BCUT2D eigenvalue weighted by Crippen LogP contribution is 2.22. The van der Waals surface area contributed by atoms with Gasteiger partial charge >= 0.3 is 0 Å². The minimum Gasteiger partial charge on any atom is -0.361 e. The smallest absolute Gasteiger partial charge is 0.193 e. The standard InChI is InChI=1S/C21H27ClN6O/c1-15-11-18(26-29-15)14-27-7-9-28(10-8-27)21(23-2)24-6-5-16-13-25-20-4-3-17(22)12-19(16)20/h3-4,11-13,25H,5-10,14H2,1-2H3,(H,23,24). The molecule has 0 spiro atoms. The molecule has 154 valence electrons. The van der Waals surface area contributed by atoms with Crippen LogP contribution >= 0.6 is 11.6 Å². The van der Waals surface area contributed by atoms with Gasteiger partial charge in [-0.05, 0) is 37.1 Å². The summed E-state index contributed by atoms with van der Waals surface area (Å²) >= 11 is 6.15. The van der Waals surface area contributed by atoms with Crippen LogP contribution < -0.4 is 5.32 Å². The van der Waals surface area contributed by atoms with Crippen LogP contribution in [0, 0.1) is 6.92 Å². The zero-order chi connectivity index (χ0) is 20.2. The van der Waals surface area contributed by atoms with E-state index in [4.69, 9.17) is 16.1 Å². The molecule has 1 aliphatic heterocycles. The van der Waals surface area contributed by atoms with E-state index >= 15 is 0 Å². The van der Waals surface area contributed by atoms with Crippen molar-refractivity contribution in [1.82, 2.24) is 25.3 Å². The van der Waals surface area contributed by atoms with Crippen LogP contribution in [0.5, 0.6) is 0 Å². The van der Waals surface area contributed by atoms with Crippen molar-refractivity contribution >= 4 is 28.5 Å². The summed E-state index contributed by atoms with van der Waals surface area (Å²) in [5.74, 6) is 1.82. The molecular formula is C21H27ClN6O. The Hall–Kier alpha value is -2.51. The van der Waals surface area contributed by atoms with E-state index < -0.39 is 0 Å². The second kappa shape index (κ2) is 8.88. The van der Waals surface area contributed by atoms with E-state index in [9.17, 15) is 0 Å². The highest BCUT2D eigenvalue weighted by atomic mass is 35.5. The Morgan fingerprint density at radius 3 is 2.83 bits per heavy atom. The molecule has 1 saturated heterocycles. The summed E-state index contributed by atoms with van der Waals surface area (Å²) in [5, 5.41) is 9.55. The third-order valence-corrected chi connectivity index (χ3v) is 5.59. The number of nitrogens with zero attached hydrogens (tertiary/aromatic N) is 4. The van der Waals surface area contributed by atoms with Crippen LogP contribution in [0.1, 0.15) is 17.0 Å². The Bertz CT molecular complexity index is 986. The number of aromatic amines is 1. The van der Waals surface area contributed by atoms with Gasteiger partial charge in [-0.2, -0.15) is 0 Å². The average Bonchev–Trinajstić information content (AvgIpc) is 3.32. The second-order valence-corrected chi connectivity index (χ2v) is 7.86. The molecule has 4 rings (SSSR count). The van der Waals surface area contributed by atoms with Crippen LogP contribution in [-0.4, -0.2) is 65.7 Å². The SMILES string of the molecule is CN=C(NCCc1c[nH]c2ccc(Cl)cc12)N1CCN(Cc2cc(C)on2)CC1. The number of halogens is 1. The third kappa shape index (κ3) is 4.74. The molecule has 7 nitrogen and oxygen atoms in total. The molecule has 8 heteroatoms. The summed E-state index contributed by atoms with van der Waals surface area (Å²) in [4.78, 5) is 12.5. The molecule has 2 N–H and O–H groups in total. The maximum atomic E-state index is 6.15. The van der Waals surface area contributed by atoms with Crippen LogP contribution in [-0.2, 0) is 13.0 Å². The molecule has 0 aliphatic carbocycles. The van der Waals surface area contributed by atoms with E-state index in [1.54, 1.807) is 0 Å². The van der Waals surface area contributed by atoms with Crippen molar-refractivity contribution in [3.8, 4) is 0 Å². The minimum absolute atomic E-state index is 0.765. The van der Waals surface area contributed by atoms with E-state index in [2.05, 4.69) is 36.4 Å². The van der Waals surface area contributed by atoms with E-state index in [1.165, 1.54) is 10.9 Å². The lowest BCUT2D eigenvalue weighted by molar-refractivity contribution is 0.169. The topological polar surface area (TPSA) is 72.7 Å². The number of aryl methyl sites for hydroxylation is 1. The Kier molecular flexibility index (Phi) is 6.06. The van der Waals surface area contributed by atoms with Crippen LogP contribution in [0.2, 0.25) is 5.02 Å². The first-order chi connectivity index (χ1) is 14.1. The first kappa shape index (κ1) is 19.8. The number of guanidine groups is 1. The zero-order valence-corrected chi connectivity index (χ0v) is 17.7. The number of nitrogens with one attached hydrogen (secondary N) is 2. The zero-order valence-electron chi connectivity index (χ0n) is 16.9. The predicted octanol–water partition coefficient (Wildman–Crippen LogP) is 3.05. The first-order valence-electron chi connectivity index (χ1n) is 9.98. The summed E-state index contributed by atoms with van der Waals surface area (Å²) in [5.41, 5.74) is 3.38. The van der Waals surface area contributed by atoms with Gasteiger partial charge in [-0.3, -0.25) is 9.89 Å². The van der Waals surface area contributed by atoms with Gasteiger partial charge in [-0.25, -0.2) is 0 Å². The van der Waals surface area contributed by atoms with Crippen LogP contribution in [0.3, 0.4) is 0 Å². The van der Waals surface area contributed by atoms with Gasteiger partial charge in [0.25, 0.3) is 0 Å². The summed E-state index contributed by atoms with van der Waals surface area (Å²) in [6.07, 6.45) is 2.97. The van der Waals surface area contributed by atoms with Gasteiger partial charge in [0, 0.05) is 74.5 Å². The van der Waals surface area contributed by atoms with Crippen molar-refractivity contribution in [1.29, 1.82) is 0 Å². The van der Waals surface area contributed by atoms with E-state index in [-0.39, 0.29) is 0 Å². The van der Waals surface area contributed by atoms with Crippen molar-refractivity contribution < 1.29 is 4.52 Å². The molecule has 0 atom stereocenters. The molecule has 0 saturated carbocycles. The lowest BCUT2D eigenvalue weighted by Gasteiger charge is -2.36. The average molecular weight is 415 g/mol. The first-order valence-corrected chi connectivity index (χ1v) is 10.4. The molecule has 1 fully saturated rings. The molecule has 0 unspecified atom stereocenters. The van der Waals surface area contributed by atoms with Gasteiger partial charge in [0.2, 0.25) is 0 Å². The van der Waals surface area contributed by atoms with Crippen molar-refractivity contribution in [3.05, 3.63) is 52.5 Å². The maximum absolute atomic E-state index is 6.15. The van der Waals surface area contributed by atoms with Crippen LogP contribution in [0.15, 0.2) is 40.0 Å². The fourth-order valence-electron chi connectivity index (χ4n) is 3.84. The minimum atomic E-state index is 0.765. The van der Waals surface area contributed by atoms with Crippen molar-refractivity contribution in [2.75, 3.05) is 39.8 Å². The van der Waals surface area contributed by atoms with Gasteiger partial charge in [-0.15, -0.1) is 0 Å². The number of hydrogen-bond acceptors (Lipinski definition) is 4. The molecule has 0 bridgehead atoms. The highest BCUT2D eigenvalue weighted by Gasteiger charge is 2.20. The molecule has 3 heterocycles. The molecule has 0 radical (unpaired) electrons. The lowest BCUT2D eigenvalue weighted by atomic mass is 10.1. The molecule has 1 aromatic carbocycles. The second-order valence-electron chi connectivity index (χ2n) is 7.42. The van der Waals surface area contributed by atoms with Gasteiger partial charge in [0.1, 0.15) is 5.76 Å². The molecule has 0 amide bonds. The summed E-state index contributed by atoms with van der Waals surface area (Å²) in [6.45, 7) is 7.43. The van der Waals surface area contributed by atoms with Crippen LogP contribution in [0.25, 0.3) is 10.9 Å². The lowest BCUT2D eigenvalue weighted by Crippen LogP contribution is -2.52. The Balaban J connectivity index is 1.27. The third-order valence-electron chi connectivity index (χ3n) is 5.35. The quantitative estimate of drug-likeness (QED) is 0.496. The number of rotatable bonds is 5. The van der Waals surface area contributed by atoms with E-state index in [0.717, 1.165) is 73.6 Å². The number of aromatic nitrogens is 2. The van der Waals surface area contributed by atoms with Crippen molar-refractivity contribution in [2.24, 2.45) is 4.99 Å². The summed E-state index contributed by atoms with van der Waals surface area (Å²) in [6, 6.07) is 7.96. The predicted molar refractivity (Wildman–Crippen MR) is 116 cm³/mol. The van der Waals surface area contributed by atoms with E-state index in [1.807, 2.05) is 38.2 Å². The summed E-state index contributed by atoms with van der Waals surface area (Å²) in [7, 11) is 1.85.